The maximum absolute atomic E-state index is 12.8. The van der Waals surface area contributed by atoms with Crippen molar-refractivity contribution in [1.82, 2.24) is 14.9 Å². The van der Waals surface area contributed by atoms with Gasteiger partial charge in [-0.1, -0.05) is 0 Å². The van der Waals surface area contributed by atoms with Gasteiger partial charge in [-0.25, -0.2) is 14.4 Å². The predicted molar refractivity (Wildman–Crippen MR) is 73.0 cm³/mol. The summed E-state index contributed by atoms with van der Waals surface area (Å²) in [5.41, 5.74) is 1.97. The summed E-state index contributed by atoms with van der Waals surface area (Å²) in [5.74, 6) is 0.0423. The van der Waals surface area contributed by atoms with Gasteiger partial charge in [-0.15, -0.1) is 0 Å². The highest BCUT2D eigenvalue weighted by Crippen LogP contribution is 2.16. The third-order valence-electron chi connectivity index (χ3n) is 3.39. The number of benzene rings is 1. The molecular weight excluding hydrogens is 273 g/mol. The van der Waals surface area contributed by atoms with Crippen molar-refractivity contribution in [3.63, 3.8) is 0 Å². The topological polar surface area (TPSA) is 55.3 Å². The van der Waals surface area contributed by atoms with Gasteiger partial charge in [0.2, 0.25) is 0 Å². The molecule has 1 aromatic heterocycles. The molecular formula is C15H14FN3O2. The SMILES string of the molecule is O=C(COc1ccc(F)cc1)N1CCc2ncncc2C1. The Morgan fingerprint density at radius 1 is 1.33 bits per heavy atom. The maximum Gasteiger partial charge on any atom is 0.260 e. The van der Waals surface area contributed by atoms with E-state index in [1.165, 1.54) is 30.6 Å². The second-order valence-electron chi connectivity index (χ2n) is 4.80. The van der Waals surface area contributed by atoms with Crippen LogP contribution in [0, 0.1) is 5.82 Å². The molecule has 0 bridgehead atoms. The van der Waals surface area contributed by atoms with Gasteiger partial charge in [0.15, 0.2) is 6.61 Å². The summed E-state index contributed by atoms with van der Waals surface area (Å²) in [6.07, 6.45) is 3.98. The number of fused-ring (bicyclic) bond motifs is 1. The summed E-state index contributed by atoms with van der Waals surface area (Å²) in [7, 11) is 0. The van der Waals surface area contributed by atoms with Crippen molar-refractivity contribution in [3.8, 4) is 5.75 Å². The Balaban J connectivity index is 1.58. The summed E-state index contributed by atoms with van der Waals surface area (Å²) >= 11 is 0. The van der Waals surface area contributed by atoms with Crippen molar-refractivity contribution in [2.24, 2.45) is 0 Å². The first kappa shape index (κ1) is 13.5. The van der Waals surface area contributed by atoms with E-state index in [0.29, 0.717) is 18.8 Å². The molecule has 5 nitrogen and oxygen atoms in total. The van der Waals surface area contributed by atoms with Gasteiger partial charge in [0.05, 0.1) is 5.69 Å². The van der Waals surface area contributed by atoms with E-state index in [2.05, 4.69) is 9.97 Å². The van der Waals surface area contributed by atoms with Crippen LogP contribution in [0.1, 0.15) is 11.3 Å². The molecule has 2 heterocycles. The van der Waals surface area contributed by atoms with E-state index in [1.807, 2.05) is 0 Å². The van der Waals surface area contributed by atoms with Crippen LogP contribution in [0.4, 0.5) is 4.39 Å². The molecule has 1 aliphatic heterocycles. The fourth-order valence-electron chi connectivity index (χ4n) is 2.25. The Morgan fingerprint density at radius 2 is 2.14 bits per heavy atom. The molecule has 1 aromatic carbocycles. The van der Waals surface area contributed by atoms with Crippen LogP contribution in [-0.2, 0) is 17.8 Å². The molecule has 2 aromatic rings. The highest BCUT2D eigenvalue weighted by molar-refractivity contribution is 5.78. The van der Waals surface area contributed by atoms with Gasteiger partial charge in [-0.05, 0) is 24.3 Å². The highest BCUT2D eigenvalue weighted by atomic mass is 19.1. The van der Waals surface area contributed by atoms with E-state index >= 15 is 0 Å². The molecule has 0 spiro atoms. The Hall–Kier alpha value is -2.50. The Kier molecular flexibility index (Phi) is 3.77. The first-order chi connectivity index (χ1) is 10.2. The highest BCUT2D eigenvalue weighted by Gasteiger charge is 2.21. The van der Waals surface area contributed by atoms with Gasteiger partial charge in [-0.2, -0.15) is 0 Å². The van der Waals surface area contributed by atoms with Crippen LogP contribution in [0.3, 0.4) is 0 Å². The molecule has 0 aliphatic carbocycles. The molecule has 0 saturated carbocycles. The zero-order valence-corrected chi connectivity index (χ0v) is 11.3. The molecule has 0 unspecified atom stereocenters. The third-order valence-corrected chi connectivity index (χ3v) is 3.39. The minimum absolute atomic E-state index is 0.0609. The second-order valence-corrected chi connectivity index (χ2v) is 4.80. The fraction of sp³-hybridized carbons (Fsp3) is 0.267. The number of halogens is 1. The molecule has 21 heavy (non-hydrogen) atoms. The maximum atomic E-state index is 12.8. The summed E-state index contributed by atoms with van der Waals surface area (Å²) < 4.78 is 18.1. The molecule has 1 aliphatic rings. The van der Waals surface area contributed by atoms with Crippen molar-refractivity contribution in [2.75, 3.05) is 13.2 Å². The van der Waals surface area contributed by atoms with E-state index in [-0.39, 0.29) is 18.3 Å². The number of ether oxygens (including phenoxy) is 1. The number of carbonyl (C=O) groups is 1. The lowest BCUT2D eigenvalue weighted by atomic mass is 10.1. The standard InChI is InChI=1S/C15H14FN3O2/c16-12-1-3-13(4-2-12)21-9-15(20)19-6-5-14-11(8-19)7-17-10-18-14/h1-4,7,10H,5-6,8-9H2. The Morgan fingerprint density at radius 3 is 2.95 bits per heavy atom. The lowest BCUT2D eigenvalue weighted by molar-refractivity contribution is -0.134. The van der Waals surface area contributed by atoms with Crippen LogP contribution in [0.15, 0.2) is 36.8 Å². The van der Waals surface area contributed by atoms with E-state index in [9.17, 15) is 9.18 Å². The summed E-state index contributed by atoms with van der Waals surface area (Å²) in [6, 6.07) is 5.60. The molecule has 0 radical (unpaired) electrons. The van der Waals surface area contributed by atoms with E-state index in [4.69, 9.17) is 4.74 Å². The van der Waals surface area contributed by atoms with Crippen LogP contribution in [0.25, 0.3) is 0 Å². The first-order valence-corrected chi connectivity index (χ1v) is 6.66. The van der Waals surface area contributed by atoms with Crippen molar-refractivity contribution >= 4 is 5.91 Å². The van der Waals surface area contributed by atoms with Gasteiger partial charge in [0, 0.05) is 31.3 Å². The fourth-order valence-corrected chi connectivity index (χ4v) is 2.25. The van der Waals surface area contributed by atoms with Crippen LogP contribution < -0.4 is 4.74 Å². The van der Waals surface area contributed by atoms with E-state index in [1.54, 1.807) is 11.1 Å². The van der Waals surface area contributed by atoms with Crippen LogP contribution in [0.5, 0.6) is 5.75 Å². The first-order valence-electron chi connectivity index (χ1n) is 6.66. The van der Waals surface area contributed by atoms with Gasteiger partial charge in [-0.3, -0.25) is 4.79 Å². The minimum Gasteiger partial charge on any atom is -0.484 e. The van der Waals surface area contributed by atoms with Crippen LogP contribution in [-0.4, -0.2) is 33.9 Å². The monoisotopic (exact) mass is 287 g/mol. The quantitative estimate of drug-likeness (QED) is 0.860. The number of carbonyl (C=O) groups excluding carboxylic acids is 1. The number of amides is 1. The number of aromatic nitrogens is 2. The number of rotatable bonds is 3. The van der Waals surface area contributed by atoms with Crippen molar-refractivity contribution < 1.29 is 13.9 Å². The smallest absolute Gasteiger partial charge is 0.260 e. The average molecular weight is 287 g/mol. The van der Waals surface area contributed by atoms with Crippen molar-refractivity contribution in [2.45, 2.75) is 13.0 Å². The predicted octanol–water partition coefficient (Wildman–Crippen LogP) is 1.58. The summed E-state index contributed by atoms with van der Waals surface area (Å²) in [5, 5.41) is 0. The minimum atomic E-state index is -0.332. The largest absolute Gasteiger partial charge is 0.484 e. The second kappa shape index (κ2) is 5.87. The van der Waals surface area contributed by atoms with Crippen LogP contribution >= 0.6 is 0 Å². The summed E-state index contributed by atoms with van der Waals surface area (Å²) in [4.78, 5) is 22.0. The van der Waals surface area contributed by atoms with Gasteiger partial charge < -0.3 is 9.64 Å². The molecule has 0 fully saturated rings. The summed E-state index contributed by atoms with van der Waals surface area (Å²) in [6.45, 7) is 1.06. The average Bonchev–Trinajstić information content (AvgIpc) is 2.53. The lowest BCUT2D eigenvalue weighted by Crippen LogP contribution is -2.39. The Bertz CT molecular complexity index is 646. The normalized spacial score (nSPS) is 13.7. The van der Waals surface area contributed by atoms with E-state index in [0.717, 1.165) is 17.7 Å². The molecule has 108 valence electrons. The van der Waals surface area contributed by atoms with Gasteiger partial charge in [0.25, 0.3) is 5.91 Å². The van der Waals surface area contributed by atoms with Gasteiger partial charge in [0.1, 0.15) is 17.9 Å². The molecule has 0 atom stereocenters. The lowest BCUT2D eigenvalue weighted by Gasteiger charge is -2.27. The third kappa shape index (κ3) is 3.16. The number of hydrogen-bond donors (Lipinski definition) is 0. The Labute approximate surface area is 121 Å². The molecule has 0 N–H and O–H groups in total. The zero-order valence-electron chi connectivity index (χ0n) is 11.3. The number of hydrogen-bond acceptors (Lipinski definition) is 4. The zero-order chi connectivity index (χ0) is 14.7. The van der Waals surface area contributed by atoms with Crippen LogP contribution in [0.2, 0.25) is 0 Å². The molecule has 6 heteroatoms. The molecule has 0 saturated heterocycles. The van der Waals surface area contributed by atoms with Crippen molar-refractivity contribution in [1.29, 1.82) is 0 Å². The molecule has 1 amide bonds. The van der Waals surface area contributed by atoms with Crippen molar-refractivity contribution in [3.05, 3.63) is 53.9 Å². The molecule has 3 rings (SSSR count). The number of nitrogens with zero attached hydrogens (tertiary/aromatic N) is 3. The van der Waals surface area contributed by atoms with E-state index < -0.39 is 0 Å². The van der Waals surface area contributed by atoms with Gasteiger partial charge >= 0.3 is 0 Å².